The number of aliphatic imine (C=N–C) groups is 2. The van der Waals surface area contributed by atoms with Crippen LogP contribution in [0.2, 0.25) is 0 Å². The van der Waals surface area contributed by atoms with E-state index in [9.17, 15) is 0 Å². The summed E-state index contributed by atoms with van der Waals surface area (Å²) in [7, 11) is 0. The molecule has 0 aliphatic carbocycles. The molecule has 0 amide bonds. The van der Waals surface area contributed by atoms with E-state index in [1.165, 1.54) is 16.5 Å². The minimum atomic E-state index is -0.497. The zero-order chi connectivity index (χ0) is 35.6. The molecule has 0 spiro atoms. The molecule has 1 aliphatic rings. The van der Waals surface area contributed by atoms with Gasteiger partial charge in [0.05, 0.1) is 0 Å². The van der Waals surface area contributed by atoms with Gasteiger partial charge in [0.1, 0.15) is 34.0 Å². The summed E-state index contributed by atoms with van der Waals surface area (Å²) in [5.74, 6) is 1.55. The molecule has 0 radical (unpaired) electrons. The van der Waals surface area contributed by atoms with Gasteiger partial charge in [-0.15, -0.1) is 0 Å². The van der Waals surface area contributed by atoms with Crippen LogP contribution >= 0.6 is 0 Å². The van der Waals surface area contributed by atoms with E-state index < -0.39 is 6.17 Å². The minimum Gasteiger partial charge on any atom is -0.456 e. The highest BCUT2D eigenvalue weighted by molar-refractivity contribution is 6.17. The third-order valence-electron chi connectivity index (χ3n) is 10.5. The Balaban J connectivity index is 1.03. The van der Waals surface area contributed by atoms with Crippen LogP contribution in [0, 0.1) is 0 Å². The molecule has 5 nitrogen and oxygen atoms in total. The molecule has 11 rings (SSSR count). The number of amidine groups is 2. The maximum atomic E-state index is 6.58. The lowest BCUT2D eigenvalue weighted by molar-refractivity contribution is 0.668. The molecule has 2 aromatic heterocycles. The van der Waals surface area contributed by atoms with E-state index in [-0.39, 0.29) is 0 Å². The zero-order valence-electron chi connectivity index (χ0n) is 29.0. The lowest BCUT2D eigenvalue weighted by Gasteiger charge is -2.23. The normalized spacial score (nSPS) is 14.5. The molecule has 0 saturated heterocycles. The van der Waals surface area contributed by atoms with Crippen LogP contribution in [0.5, 0.6) is 0 Å². The van der Waals surface area contributed by atoms with Crippen molar-refractivity contribution in [2.45, 2.75) is 6.17 Å². The van der Waals surface area contributed by atoms with E-state index in [0.717, 1.165) is 88.8 Å². The molecule has 3 heterocycles. The Labute approximate surface area is 310 Å². The average molecular weight is 694 g/mol. The molecule has 0 fully saturated rings. The predicted molar refractivity (Wildman–Crippen MR) is 221 cm³/mol. The Morgan fingerprint density at radius 2 is 0.981 bits per heavy atom. The second-order valence-corrected chi connectivity index (χ2v) is 13.8. The fourth-order valence-electron chi connectivity index (χ4n) is 7.84. The van der Waals surface area contributed by atoms with Gasteiger partial charge in [-0.1, -0.05) is 127 Å². The van der Waals surface area contributed by atoms with E-state index in [4.69, 9.17) is 18.8 Å². The van der Waals surface area contributed by atoms with Gasteiger partial charge in [-0.3, -0.25) is 0 Å². The maximum absolute atomic E-state index is 6.58. The molecule has 10 aromatic rings. The van der Waals surface area contributed by atoms with Crippen molar-refractivity contribution < 1.29 is 8.83 Å². The van der Waals surface area contributed by atoms with Crippen LogP contribution in [0.3, 0.4) is 0 Å². The first kappa shape index (κ1) is 30.4. The maximum Gasteiger partial charge on any atom is 0.170 e. The molecule has 1 N–H and O–H groups in total. The summed E-state index contributed by atoms with van der Waals surface area (Å²) in [6, 6.07) is 61.1. The number of furan rings is 2. The fourth-order valence-corrected chi connectivity index (χ4v) is 7.84. The van der Waals surface area contributed by atoms with Gasteiger partial charge in [0.25, 0.3) is 0 Å². The van der Waals surface area contributed by atoms with Crippen molar-refractivity contribution >= 4 is 66.3 Å². The SMILES string of the molecule is c1ccc(C2=NC(c3cccc4oc5cc(-c6ccc7oc8ccccc8c7c6)ccc5c34)N=C(c3ccc4ccc(-c5ccccc5)cc4c3)N2)cc1. The summed E-state index contributed by atoms with van der Waals surface area (Å²) in [4.78, 5) is 10.5. The van der Waals surface area contributed by atoms with Crippen molar-refractivity contribution in [1.29, 1.82) is 0 Å². The van der Waals surface area contributed by atoms with Crippen molar-refractivity contribution in [3.05, 3.63) is 193 Å². The second kappa shape index (κ2) is 12.2. The van der Waals surface area contributed by atoms with Crippen LogP contribution in [0.1, 0.15) is 22.9 Å². The number of hydrogen-bond acceptors (Lipinski definition) is 5. The molecule has 0 bridgehead atoms. The van der Waals surface area contributed by atoms with Crippen LogP contribution in [0.4, 0.5) is 0 Å². The molecule has 54 heavy (non-hydrogen) atoms. The number of hydrogen-bond donors (Lipinski definition) is 1. The minimum absolute atomic E-state index is 0.497. The number of fused-ring (bicyclic) bond motifs is 7. The summed E-state index contributed by atoms with van der Waals surface area (Å²) in [5.41, 5.74) is 10.9. The van der Waals surface area contributed by atoms with E-state index in [1.54, 1.807) is 0 Å². The van der Waals surface area contributed by atoms with Crippen molar-refractivity contribution in [2.24, 2.45) is 9.98 Å². The van der Waals surface area contributed by atoms with Crippen LogP contribution in [-0.2, 0) is 0 Å². The van der Waals surface area contributed by atoms with Gasteiger partial charge in [0.15, 0.2) is 6.17 Å². The molecule has 254 valence electrons. The quantitative estimate of drug-likeness (QED) is 0.195. The number of para-hydroxylation sites is 1. The van der Waals surface area contributed by atoms with Crippen molar-refractivity contribution in [2.75, 3.05) is 0 Å². The lowest BCUT2D eigenvalue weighted by Crippen LogP contribution is -2.36. The standard InChI is InChI=1S/C49H31N3O2/c1-3-10-30(11-4-1)33-20-18-31-19-21-36(27-37(31)26-33)48-50-47(32-12-5-2-6-13-32)51-49(52-48)40-15-9-17-44-46(40)39-24-22-35(29-45(39)54-44)34-23-25-43-41(28-34)38-14-7-8-16-42(38)53-43/h1-29,49H,(H,50,51,52). The van der Waals surface area contributed by atoms with Crippen LogP contribution < -0.4 is 5.32 Å². The van der Waals surface area contributed by atoms with Gasteiger partial charge in [-0.25, -0.2) is 9.98 Å². The highest BCUT2D eigenvalue weighted by Gasteiger charge is 2.24. The van der Waals surface area contributed by atoms with Gasteiger partial charge >= 0.3 is 0 Å². The van der Waals surface area contributed by atoms with Gasteiger partial charge in [0.2, 0.25) is 0 Å². The third kappa shape index (κ3) is 5.09. The van der Waals surface area contributed by atoms with Crippen LogP contribution in [0.25, 0.3) is 76.9 Å². The Morgan fingerprint density at radius 1 is 0.370 bits per heavy atom. The van der Waals surface area contributed by atoms with Gasteiger partial charge in [0, 0.05) is 38.2 Å². The third-order valence-corrected chi connectivity index (χ3v) is 10.5. The summed E-state index contributed by atoms with van der Waals surface area (Å²) >= 11 is 0. The van der Waals surface area contributed by atoms with Gasteiger partial charge in [-0.2, -0.15) is 0 Å². The van der Waals surface area contributed by atoms with E-state index in [2.05, 4.69) is 127 Å². The molecule has 5 heteroatoms. The first-order valence-electron chi connectivity index (χ1n) is 18.2. The Kier molecular flexibility index (Phi) is 6.85. The van der Waals surface area contributed by atoms with Crippen LogP contribution in [0.15, 0.2) is 195 Å². The smallest absolute Gasteiger partial charge is 0.170 e. The highest BCUT2D eigenvalue weighted by atomic mass is 16.3. The van der Waals surface area contributed by atoms with Crippen molar-refractivity contribution in [3.63, 3.8) is 0 Å². The zero-order valence-corrected chi connectivity index (χ0v) is 29.0. The monoisotopic (exact) mass is 693 g/mol. The summed E-state index contributed by atoms with van der Waals surface area (Å²) in [6.45, 7) is 0. The highest BCUT2D eigenvalue weighted by Crippen LogP contribution is 2.39. The molecular weight excluding hydrogens is 663 g/mol. The van der Waals surface area contributed by atoms with Crippen molar-refractivity contribution in [3.8, 4) is 22.3 Å². The second-order valence-electron chi connectivity index (χ2n) is 13.8. The summed E-state index contributed by atoms with van der Waals surface area (Å²) < 4.78 is 12.7. The van der Waals surface area contributed by atoms with E-state index >= 15 is 0 Å². The average Bonchev–Trinajstić information content (AvgIpc) is 3.81. The molecule has 8 aromatic carbocycles. The Bertz CT molecular complexity index is 3140. The van der Waals surface area contributed by atoms with Crippen LogP contribution in [-0.4, -0.2) is 11.7 Å². The van der Waals surface area contributed by atoms with Gasteiger partial charge in [-0.05, 0) is 81.6 Å². The van der Waals surface area contributed by atoms with Gasteiger partial charge < -0.3 is 14.2 Å². The summed E-state index contributed by atoms with van der Waals surface area (Å²) in [6.07, 6.45) is -0.497. The topological polar surface area (TPSA) is 63.0 Å². The molecular formula is C49H31N3O2. The van der Waals surface area contributed by atoms with E-state index in [0.29, 0.717) is 0 Å². The Hall–Kier alpha value is -7.24. The lowest BCUT2D eigenvalue weighted by atomic mass is 9.99. The largest absolute Gasteiger partial charge is 0.456 e. The first-order chi connectivity index (χ1) is 26.7. The number of nitrogens with one attached hydrogen (secondary N) is 1. The Morgan fingerprint density at radius 3 is 1.83 bits per heavy atom. The molecule has 1 atom stereocenters. The predicted octanol–water partition coefficient (Wildman–Crippen LogP) is 12.5. The van der Waals surface area contributed by atoms with Crippen molar-refractivity contribution in [1.82, 2.24) is 5.32 Å². The number of benzene rings is 8. The molecule has 1 aliphatic heterocycles. The molecule has 0 saturated carbocycles. The van der Waals surface area contributed by atoms with E-state index in [1.807, 2.05) is 54.6 Å². The first-order valence-corrected chi connectivity index (χ1v) is 18.2. The number of rotatable bonds is 5. The fraction of sp³-hybridized carbons (Fsp3) is 0.0204. The number of nitrogens with zero attached hydrogens (tertiary/aromatic N) is 2. The summed E-state index contributed by atoms with van der Waals surface area (Å²) in [5, 5.41) is 10.2. The molecule has 1 unspecified atom stereocenters.